The lowest BCUT2D eigenvalue weighted by Crippen LogP contribution is -2.03. The van der Waals surface area contributed by atoms with Gasteiger partial charge >= 0.3 is 0 Å². The molecule has 1 rings (SSSR count). The van der Waals surface area contributed by atoms with Crippen LogP contribution in [-0.4, -0.2) is 9.78 Å². The molecule has 0 radical (unpaired) electrons. The Bertz CT molecular complexity index is 236. The fourth-order valence-corrected chi connectivity index (χ4v) is 1.19. The van der Waals surface area contributed by atoms with Gasteiger partial charge in [0.2, 0.25) is 0 Å². The second-order valence-corrected chi connectivity index (χ2v) is 3.98. The Kier molecular flexibility index (Phi) is 6.26. The zero-order valence-corrected chi connectivity index (χ0v) is 10.4. The third-order valence-electron chi connectivity index (χ3n) is 1.81. The van der Waals surface area contributed by atoms with E-state index in [4.69, 9.17) is 0 Å². The molecule has 0 aliphatic heterocycles. The Morgan fingerprint density at radius 1 is 1.21 bits per heavy atom. The van der Waals surface area contributed by atoms with Gasteiger partial charge in [-0.3, -0.25) is 4.68 Å². The van der Waals surface area contributed by atoms with Crippen molar-refractivity contribution in [3.63, 3.8) is 0 Å². The van der Waals surface area contributed by atoms with Gasteiger partial charge < -0.3 is 0 Å². The molecule has 14 heavy (non-hydrogen) atoms. The molecule has 0 unspecified atom stereocenters. The summed E-state index contributed by atoms with van der Waals surface area (Å²) in [5.41, 5.74) is 1.21. The maximum absolute atomic E-state index is 4.47. The molecule has 2 nitrogen and oxygen atoms in total. The van der Waals surface area contributed by atoms with E-state index in [9.17, 15) is 0 Å². The predicted molar refractivity (Wildman–Crippen MR) is 62.5 cm³/mol. The molecular formula is C12H24N2. The van der Waals surface area contributed by atoms with Crippen molar-refractivity contribution in [3.8, 4) is 0 Å². The topological polar surface area (TPSA) is 17.8 Å². The van der Waals surface area contributed by atoms with Gasteiger partial charge in [0.25, 0.3) is 0 Å². The average Bonchev–Trinajstić information content (AvgIpc) is 2.55. The van der Waals surface area contributed by atoms with E-state index in [-0.39, 0.29) is 0 Å². The van der Waals surface area contributed by atoms with Crippen molar-refractivity contribution in [1.82, 2.24) is 9.78 Å². The van der Waals surface area contributed by atoms with Crippen molar-refractivity contribution in [2.24, 2.45) is 5.92 Å². The van der Waals surface area contributed by atoms with E-state index < -0.39 is 0 Å². The van der Waals surface area contributed by atoms with E-state index in [2.05, 4.69) is 45.1 Å². The highest BCUT2D eigenvalue weighted by Gasteiger charge is 2.03. The molecular weight excluding hydrogens is 172 g/mol. The van der Waals surface area contributed by atoms with Crippen molar-refractivity contribution in [2.75, 3.05) is 0 Å². The van der Waals surface area contributed by atoms with Crippen LogP contribution in [0.4, 0.5) is 0 Å². The second-order valence-electron chi connectivity index (χ2n) is 3.98. The molecule has 2 heteroatoms. The number of nitrogens with zero attached hydrogens (tertiary/aromatic N) is 2. The van der Waals surface area contributed by atoms with Crippen LogP contribution in [0.15, 0.2) is 12.3 Å². The fourth-order valence-electron chi connectivity index (χ4n) is 1.19. The Labute approximate surface area is 88.3 Å². The summed E-state index contributed by atoms with van der Waals surface area (Å²) in [5.74, 6) is 0.695. The Morgan fingerprint density at radius 3 is 2.14 bits per heavy atom. The fraction of sp³-hybridized carbons (Fsp3) is 0.750. The summed E-state index contributed by atoms with van der Waals surface area (Å²) >= 11 is 0. The average molecular weight is 196 g/mol. The van der Waals surface area contributed by atoms with Crippen LogP contribution in [-0.2, 0) is 6.42 Å². The first-order valence-electron chi connectivity index (χ1n) is 5.63. The molecule has 0 spiro atoms. The minimum absolute atomic E-state index is 0.478. The van der Waals surface area contributed by atoms with Gasteiger partial charge in [0.1, 0.15) is 0 Å². The lowest BCUT2D eigenvalue weighted by atomic mass is 10.1. The van der Waals surface area contributed by atoms with Crippen molar-refractivity contribution < 1.29 is 0 Å². The maximum Gasteiger partial charge on any atom is 0.0627 e. The van der Waals surface area contributed by atoms with Crippen LogP contribution in [0.2, 0.25) is 0 Å². The smallest absolute Gasteiger partial charge is 0.0627 e. The zero-order valence-electron chi connectivity index (χ0n) is 10.4. The molecule has 0 amide bonds. The molecule has 0 N–H and O–H groups in total. The van der Waals surface area contributed by atoms with E-state index in [1.165, 1.54) is 5.69 Å². The molecule has 0 saturated heterocycles. The first-order chi connectivity index (χ1) is 6.59. The van der Waals surface area contributed by atoms with Crippen molar-refractivity contribution >= 4 is 0 Å². The number of aromatic nitrogens is 2. The van der Waals surface area contributed by atoms with Crippen LogP contribution in [0, 0.1) is 5.92 Å². The molecule has 0 aliphatic rings. The van der Waals surface area contributed by atoms with E-state index in [1.807, 2.05) is 18.5 Å². The molecule has 0 aliphatic carbocycles. The highest BCUT2D eigenvalue weighted by molar-refractivity contribution is 5.00. The van der Waals surface area contributed by atoms with Crippen LogP contribution in [0.3, 0.4) is 0 Å². The summed E-state index contributed by atoms with van der Waals surface area (Å²) in [7, 11) is 0. The molecule has 82 valence electrons. The largest absolute Gasteiger partial charge is 0.270 e. The summed E-state index contributed by atoms with van der Waals surface area (Å²) in [6, 6.07) is 2.59. The molecule has 0 bridgehead atoms. The SMILES string of the molecule is CC.CC(C)Cc1ccn(C(C)C)n1. The Morgan fingerprint density at radius 2 is 1.79 bits per heavy atom. The Hall–Kier alpha value is -0.790. The van der Waals surface area contributed by atoms with E-state index in [0.29, 0.717) is 12.0 Å². The summed E-state index contributed by atoms with van der Waals surface area (Å²) in [6.07, 6.45) is 3.14. The highest BCUT2D eigenvalue weighted by atomic mass is 15.3. The Balaban J connectivity index is 0.000000791. The van der Waals surface area contributed by atoms with Crippen LogP contribution in [0.5, 0.6) is 0 Å². The third kappa shape index (κ3) is 4.45. The van der Waals surface area contributed by atoms with Gasteiger partial charge in [0, 0.05) is 12.2 Å². The monoisotopic (exact) mass is 196 g/mol. The quantitative estimate of drug-likeness (QED) is 0.721. The van der Waals surface area contributed by atoms with Gasteiger partial charge in [0.15, 0.2) is 0 Å². The minimum atomic E-state index is 0.478. The number of hydrogen-bond donors (Lipinski definition) is 0. The van der Waals surface area contributed by atoms with Gasteiger partial charge in [-0.1, -0.05) is 27.7 Å². The van der Waals surface area contributed by atoms with Crippen molar-refractivity contribution in [3.05, 3.63) is 18.0 Å². The second kappa shape index (κ2) is 6.63. The molecule has 0 atom stereocenters. The van der Waals surface area contributed by atoms with Gasteiger partial charge in [-0.2, -0.15) is 5.10 Å². The van der Waals surface area contributed by atoms with Crippen LogP contribution < -0.4 is 0 Å². The van der Waals surface area contributed by atoms with Gasteiger partial charge in [-0.15, -0.1) is 0 Å². The summed E-state index contributed by atoms with van der Waals surface area (Å²) in [5, 5.41) is 4.47. The van der Waals surface area contributed by atoms with E-state index >= 15 is 0 Å². The highest BCUT2D eigenvalue weighted by Crippen LogP contribution is 2.08. The third-order valence-corrected chi connectivity index (χ3v) is 1.81. The zero-order chi connectivity index (χ0) is 11.1. The molecule has 0 aromatic carbocycles. The van der Waals surface area contributed by atoms with Crippen LogP contribution >= 0.6 is 0 Å². The van der Waals surface area contributed by atoms with Crippen molar-refractivity contribution in [1.29, 1.82) is 0 Å². The molecule has 1 heterocycles. The van der Waals surface area contributed by atoms with Gasteiger partial charge in [0.05, 0.1) is 5.69 Å². The van der Waals surface area contributed by atoms with Gasteiger partial charge in [-0.05, 0) is 32.3 Å². The van der Waals surface area contributed by atoms with Crippen molar-refractivity contribution in [2.45, 2.75) is 54.0 Å². The lowest BCUT2D eigenvalue weighted by molar-refractivity contribution is 0.518. The lowest BCUT2D eigenvalue weighted by Gasteiger charge is -2.04. The van der Waals surface area contributed by atoms with E-state index in [1.54, 1.807) is 0 Å². The van der Waals surface area contributed by atoms with Crippen LogP contribution in [0.25, 0.3) is 0 Å². The summed E-state index contributed by atoms with van der Waals surface area (Å²) in [6.45, 7) is 12.7. The minimum Gasteiger partial charge on any atom is -0.270 e. The number of hydrogen-bond acceptors (Lipinski definition) is 1. The van der Waals surface area contributed by atoms with Crippen LogP contribution in [0.1, 0.15) is 53.3 Å². The molecule has 0 fully saturated rings. The molecule has 1 aromatic heterocycles. The maximum atomic E-state index is 4.47. The van der Waals surface area contributed by atoms with E-state index in [0.717, 1.165) is 6.42 Å². The first kappa shape index (κ1) is 13.2. The normalized spacial score (nSPS) is 10.3. The first-order valence-corrected chi connectivity index (χ1v) is 5.63. The van der Waals surface area contributed by atoms with Gasteiger partial charge in [-0.25, -0.2) is 0 Å². The molecule has 0 saturated carbocycles. The summed E-state index contributed by atoms with van der Waals surface area (Å²) in [4.78, 5) is 0. The predicted octanol–water partition coefficient (Wildman–Crippen LogP) is 3.69. The number of rotatable bonds is 3. The molecule has 1 aromatic rings. The standard InChI is InChI=1S/C10H18N2.C2H6/c1-8(2)7-10-5-6-12(11-10)9(3)4;1-2/h5-6,8-9H,7H2,1-4H3;1-2H3. The summed E-state index contributed by atoms with van der Waals surface area (Å²) < 4.78 is 2.01.